The Morgan fingerprint density at radius 1 is 1.50 bits per heavy atom. The highest BCUT2D eigenvalue weighted by atomic mass is 127. The molecule has 0 amide bonds. The van der Waals surface area contributed by atoms with Crippen molar-refractivity contribution in [1.29, 1.82) is 0 Å². The number of aromatic nitrogens is 1. The Balaban J connectivity index is 2.85. The highest BCUT2D eigenvalue weighted by Crippen LogP contribution is 2.27. The summed E-state index contributed by atoms with van der Waals surface area (Å²) in [6.45, 7) is 1.56. The van der Waals surface area contributed by atoms with Crippen molar-refractivity contribution in [2.45, 2.75) is 6.92 Å². The molecule has 4 heteroatoms. The highest BCUT2D eigenvalue weighted by Gasteiger charge is 2.08. The Hall–Kier alpha value is -0.360. The van der Waals surface area contributed by atoms with E-state index in [0.29, 0.717) is 0 Å². The molecule has 0 saturated carbocycles. The van der Waals surface area contributed by atoms with Gasteiger partial charge in [-0.25, -0.2) is 0 Å². The van der Waals surface area contributed by atoms with Crippen LogP contribution in [0.1, 0.15) is 11.7 Å². The molecule has 2 aromatic rings. The average molecular weight is 364 g/mol. The largest absolute Gasteiger partial charge is 0.286 e. The van der Waals surface area contributed by atoms with Crippen molar-refractivity contribution in [2.75, 3.05) is 0 Å². The number of halogens is 2. The second-order valence-corrected chi connectivity index (χ2v) is 5.13. The third-order valence-electron chi connectivity index (χ3n) is 2.04. The van der Waals surface area contributed by atoms with Crippen molar-refractivity contribution in [2.24, 2.45) is 0 Å². The zero-order valence-corrected chi connectivity index (χ0v) is 11.2. The summed E-state index contributed by atoms with van der Waals surface area (Å²) in [6, 6.07) is 6.01. The van der Waals surface area contributed by atoms with Gasteiger partial charge in [-0.1, -0.05) is 0 Å². The molecular weight excluding hydrogens is 357 g/mol. The van der Waals surface area contributed by atoms with Crippen LogP contribution in [0.3, 0.4) is 0 Å². The molecule has 0 saturated heterocycles. The van der Waals surface area contributed by atoms with Gasteiger partial charge in [-0.3, -0.25) is 9.36 Å². The fraction of sp³-hybridized carbons (Fsp3) is 0.100. The number of carbonyl (C=O) groups excluding carboxylic acids is 1. The molecule has 0 unspecified atom stereocenters. The lowest BCUT2D eigenvalue weighted by atomic mass is 10.2. The second-order valence-electron chi connectivity index (χ2n) is 3.03. The summed E-state index contributed by atoms with van der Waals surface area (Å²) in [5.74, 6) is 0.0295. The molecule has 1 aromatic heterocycles. The molecule has 0 aliphatic rings. The molecule has 72 valence electrons. The van der Waals surface area contributed by atoms with Gasteiger partial charge in [-0.2, -0.15) is 0 Å². The maximum atomic E-state index is 11.3. The van der Waals surface area contributed by atoms with Crippen molar-refractivity contribution in [3.05, 3.63) is 32.4 Å². The highest BCUT2D eigenvalue weighted by molar-refractivity contribution is 14.1. The van der Waals surface area contributed by atoms with Gasteiger partial charge in [0.15, 0.2) is 0 Å². The van der Waals surface area contributed by atoms with E-state index in [9.17, 15) is 4.79 Å². The molecule has 0 N–H and O–H groups in total. The molecule has 0 aliphatic heterocycles. The normalized spacial score (nSPS) is 10.8. The third-order valence-corrected chi connectivity index (χ3v) is 3.27. The minimum Gasteiger partial charge on any atom is -0.286 e. The Kier molecular flexibility index (Phi) is 2.66. The first-order valence-electron chi connectivity index (χ1n) is 4.06. The molecule has 0 atom stereocenters. The molecule has 0 aliphatic carbocycles. The van der Waals surface area contributed by atoms with Gasteiger partial charge < -0.3 is 0 Å². The Morgan fingerprint density at radius 2 is 2.21 bits per heavy atom. The van der Waals surface area contributed by atoms with Crippen molar-refractivity contribution < 1.29 is 4.79 Å². The molecule has 1 aromatic carbocycles. The van der Waals surface area contributed by atoms with E-state index in [1.54, 1.807) is 17.7 Å². The van der Waals surface area contributed by atoms with E-state index in [-0.39, 0.29) is 5.91 Å². The number of benzene rings is 1. The quantitative estimate of drug-likeness (QED) is 0.654. The number of rotatable bonds is 0. The number of nitrogens with zero attached hydrogens (tertiary/aromatic N) is 1. The van der Waals surface area contributed by atoms with E-state index in [1.807, 2.05) is 12.1 Å². The zero-order chi connectivity index (χ0) is 10.3. The van der Waals surface area contributed by atoms with E-state index < -0.39 is 0 Å². The van der Waals surface area contributed by atoms with Crippen LogP contribution in [0.25, 0.3) is 10.9 Å². The van der Waals surface area contributed by atoms with Crippen molar-refractivity contribution in [3.63, 3.8) is 0 Å². The lowest BCUT2D eigenvalue weighted by Gasteiger charge is -2.02. The van der Waals surface area contributed by atoms with E-state index in [0.717, 1.165) is 18.9 Å². The van der Waals surface area contributed by atoms with Crippen LogP contribution in [0.5, 0.6) is 0 Å². The average Bonchev–Trinajstić information content (AvgIpc) is 2.47. The Morgan fingerprint density at radius 3 is 2.86 bits per heavy atom. The van der Waals surface area contributed by atoms with Gasteiger partial charge in [-0.15, -0.1) is 0 Å². The van der Waals surface area contributed by atoms with Gasteiger partial charge in [-0.05, 0) is 56.7 Å². The SMILES string of the molecule is CC(=O)n1ccc2cc(I)cc(Br)c21. The second kappa shape index (κ2) is 3.66. The maximum Gasteiger partial charge on any atom is 0.227 e. The number of hydrogen-bond acceptors (Lipinski definition) is 1. The first-order valence-corrected chi connectivity index (χ1v) is 5.94. The topological polar surface area (TPSA) is 22.0 Å². The van der Waals surface area contributed by atoms with Crippen LogP contribution < -0.4 is 0 Å². The monoisotopic (exact) mass is 363 g/mol. The molecule has 0 radical (unpaired) electrons. The minimum absolute atomic E-state index is 0.0295. The molecular formula is C10H7BrINO. The fourth-order valence-corrected chi connectivity index (χ4v) is 3.20. The van der Waals surface area contributed by atoms with Gasteiger partial charge in [0.1, 0.15) is 0 Å². The predicted molar refractivity (Wildman–Crippen MR) is 68.7 cm³/mol. The summed E-state index contributed by atoms with van der Waals surface area (Å²) >= 11 is 5.72. The molecule has 14 heavy (non-hydrogen) atoms. The van der Waals surface area contributed by atoms with Gasteiger partial charge in [0, 0.05) is 26.5 Å². The van der Waals surface area contributed by atoms with Gasteiger partial charge in [0.25, 0.3) is 0 Å². The summed E-state index contributed by atoms with van der Waals surface area (Å²) in [6.07, 6.45) is 1.80. The molecule has 0 spiro atoms. The molecule has 0 fully saturated rings. The maximum absolute atomic E-state index is 11.3. The summed E-state index contributed by atoms with van der Waals surface area (Å²) in [5.41, 5.74) is 0.943. The van der Waals surface area contributed by atoms with Crippen LogP contribution in [0.15, 0.2) is 28.9 Å². The minimum atomic E-state index is 0.0295. The number of fused-ring (bicyclic) bond motifs is 1. The molecule has 2 nitrogen and oxygen atoms in total. The van der Waals surface area contributed by atoms with Gasteiger partial charge in [0.05, 0.1) is 5.52 Å². The number of hydrogen-bond donors (Lipinski definition) is 0. The lowest BCUT2D eigenvalue weighted by Crippen LogP contribution is -2.03. The smallest absolute Gasteiger partial charge is 0.227 e. The van der Waals surface area contributed by atoms with Crippen LogP contribution in [0.4, 0.5) is 0 Å². The van der Waals surface area contributed by atoms with Gasteiger partial charge >= 0.3 is 0 Å². The first-order chi connectivity index (χ1) is 6.59. The van der Waals surface area contributed by atoms with E-state index >= 15 is 0 Å². The van der Waals surface area contributed by atoms with Crippen molar-refractivity contribution in [1.82, 2.24) is 4.57 Å². The van der Waals surface area contributed by atoms with Crippen molar-refractivity contribution in [3.8, 4) is 0 Å². The first kappa shape index (κ1) is 10.2. The third kappa shape index (κ3) is 1.61. The standard InChI is InChI=1S/C10H7BrINO/c1-6(14)13-3-2-7-4-8(12)5-9(11)10(7)13/h2-5H,1H3. The summed E-state index contributed by atoms with van der Waals surface area (Å²) in [5, 5.41) is 1.08. The molecule has 2 rings (SSSR count). The Bertz CT molecular complexity index is 518. The van der Waals surface area contributed by atoms with E-state index in [1.165, 1.54) is 0 Å². The predicted octanol–water partition coefficient (Wildman–Crippen LogP) is 3.67. The van der Waals surface area contributed by atoms with Crippen LogP contribution >= 0.6 is 38.5 Å². The Labute approximate surface area is 104 Å². The summed E-state index contributed by atoms with van der Waals surface area (Å²) in [7, 11) is 0. The van der Waals surface area contributed by atoms with Crippen LogP contribution in [0.2, 0.25) is 0 Å². The van der Waals surface area contributed by atoms with Crippen molar-refractivity contribution >= 4 is 55.3 Å². The van der Waals surface area contributed by atoms with E-state index in [4.69, 9.17) is 0 Å². The van der Waals surface area contributed by atoms with Crippen LogP contribution in [-0.2, 0) is 0 Å². The summed E-state index contributed by atoms with van der Waals surface area (Å²) in [4.78, 5) is 11.3. The lowest BCUT2D eigenvalue weighted by molar-refractivity contribution is 0.0941. The van der Waals surface area contributed by atoms with Crippen LogP contribution in [0, 0.1) is 3.57 Å². The summed E-state index contributed by atoms with van der Waals surface area (Å²) < 4.78 is 3.76. The molecule has 0 bridgehead atoms. The number of carbonyl (C=O) groups is 1. The fourth-order valence-electron chi connectivity index (χ4n) is 1.46. The van der Waals surface area contributed by atoms with Gasteiger partial charge in [0.2, 0.25) is 5.91 Å². The molecule has 1 heterocycles. The van der Waals surface area contributed by atoms with Crippen LogP contribution in [-0.4, -0.2) is 10.5 Å². The van der Waals surface area contributed by atoms with E-state index in [2.05, 4.69) is 44.6 Å². The zero-order valence-electron chi connectivity index (χ0n) is 7.42.